The minimum Gasteiger partial charge on any atom is -0.391 e. The number of hydrogen-bond donors (Lipinski definition) is 3. The van der Waals surface area contributed by atoms with Crippen LogP contribution in [0.2, 0.25) is 0 Å². The fraction of sp³-hybridized carbons (Fsp3) is 0.875. The molecule has 1 aliphatic carbocycles. The third-order valence-corrected chi connectivity index (χ3v) is 4.10. The first-order valence-electron chi connectivity index (χ1n) is 7.95. The van der Waals surface area contributed by atoms with Crippen molar-refractivity contribution in [2.75, 3.05) is 6.54 Å². The predicted octanol–water partition coefficient (Wildman–Crippen LogP) is 1.59. The van der Waals surface area contributed by atoms with Crippen molar-refractivity contribution < 1.29 is 14.7 Å². The average Bonchev–Trinajstić information content (AvgIpc) is 2.88. The minimum absolute atomic E-state index is 0.0718. The van der Waals surface area contributed by atoms with Crippen LogP contribution in [-0.2, 0) is 9.59 Å². The van der Waals surface area contributed by atoms with Gasteiger partial charge in [0.1, 0.15) is 0 Å². The van der Waals surface area contributed by atoms with Gasteiger partial charge in [0.2, 0.25) is 11.8 Å². The van der Waals surface area contributed by atoms with Gasteiger partial charge in [-0.15, -0.1) is 0 Å². The van der Waals surface area contributed by atoms with Crippen LogP contribution in [0, 0.1) is 11.3 Å². The van der Waals surface area contributed by atoms with Crippen LogP contribution < -0.4 is 10.6 Å². The molecule has 0 saturated heterocycles. The highest BCUT2D eigenvalue weighted by atomic mass is 16.3. The lowest BCUT2D eigenvalue weighted by Gasteiger charge is -2.26. The van der Waals surface area contributed by atoms with Crippen molar-refractivity contribution in [2.24, 2.45) is 11.3 Å². The maximum atomic E-state index is 12.0. The van der Waals surface area contributed by atoms with E-state index in [0.29, 0.717) is 0 Å². The third-order valence-electron chi connectivity index (χ3n) is 4.10. The van der Waals surface area contributed by atoms with Gasteiger partial charge in [0.25, 0.3) is 0 Å². The Balaban J connectivity index is 2.25. The number of rotatable bonds is 6. The van der Waals surface area contributed by atoms with Crippen molar-refractivity contribution in [1.29, 1.82) is 0 Å². The molecule has 2 atom stereocenters. The van der Waals surface area contributed by atoms with E-state index in [1.807, 2.05) is 27.7 Å². The van der Waals surface area contributed by atoms with Crippen molar-refractivity contribution in [3.05, 3.63) is 0 Å². The summed E-state index contributed by atoms with van der Waals surface area (Å²) < 4.78 is 0. The van der Waals surface area contributed by atoms with Crippen molar-refractivity contribution in [3.8, 4) is 0 Å². The molecular weight excluding hydrogens is 268 g/mol. The largest absolute Gasteiger partial charge is 0.391 e. The zero-order valence-corrected chi connectivity index (χ0v) is 13.7. The Morgan fingerprint density at radius 3 is 2.33 bits per heavy atom. The van der Waals surface area contributed by atoms with Gasteiger partial charge in [-0.2, -0.15) is 0 Å². The summed E-state index contributed by atoms with van der Waals surface area (Å²) in [6, 6.07) is -0.176. The van der Waals surface area contributed by atoms with Crippen LogP contribution in [-0.4, -0.2) is 35.6 Å². The number of carbonyl (C=O) groups is 2. The average molecular weight is 298 g/mol. The highest BCUT2D eigenvalue weighted by Gasteiger charge is 2.25. The molecule has 21 heavy (non-hydrogen) atoms. The molecule has 0 bridgehead atoms. The summed E-state index contributed by atoms with van der Waals surface area (Å²) in [4.78, 5) is 23.8. The molecule has 0 aromatic carbocycles. The van der Waals surface area contributed by atoms with E-state index in [2.05, 4.69) is 10.6 Å². The molecule has 0 aromatic heterocycles. The second kappa shape index (κ2) is 7.78. The summed E-state index contributed by atoms with van der Waals surface area (Å²) >= 11 is 0. The van der Waals surface area contributed by atoms with Crippen LogP contribution in [0.1, 0.15) is 59.8 Å². The number of aliphatic hydroxyl groups is 1. The van der Waals surface area contributed by atoms with Gasteiger partial charge >= 0.3 is 0 Å². The first-order chi connectivity index (χ1) is 9.70. The highest BCUT2D eigenvalue weighted by molar-refractivity contribution is 5.81. The van der Waals surface area contributed by atoms with Crippen molar-refractivity contribution in [1.82, 2.24) is 10.6 Å². The summed E-state index contributed by atoms with van der Waals surface area (Å²) in [5.41, 5.74) is -0.254. The maximum absolute atomic E-state index is 12.0. The van der Waals surface area contributed by atoms with Crippen LogP contribution in [0.3, 0.4) is 0 Å². The smallest absolute Gasteiger partial charge is 0.223 e. The second-order valence-corrected chi connectivity index (χ2v) is 7.28. The molecule has 122 valence electrons. The van der Waals surface area contributed by atoms with Crippen molar-refractivity contribution in [2.45, 2.75) is 71.9 Å². The van der Waals surface area contributed by atoms with Gasteiger partial charge < -0.3 is 15.7 Å². The fourth-order valence-electron chi connectivity index (χ4n) is 2.47. The van der Waals surface area contributed by atoms with Gasteiger partial charge in [-0.1, -0.05) is 33.6 Å². The first kappa shape index (κ1) is 18.0. The second-order valence-electron chi connectivity index (χ2n) is 7.28. The molecule has 5 nitrogen and oxygen atoms in total. The Kier molecular flexibility index (Phi) is 6.65. The number of amides is 2. The van der Waals surface area contributed by atoms with Gasteiger partial charge in [0.05, 0.1) is 6.10 Å². The summed E-state index contributed by atoms with van der Waals surface area (Å²) in [6.07, 6.45) is 3.83. The molecule has 0 spiro atoms. The molecule has 1 aliphatic rings. The van der Waals surface area contributed by atoms with E-state index in [0.717, 1.165) is 25.7 Å². The molecule has 5 heteroatoms. The SMILES string of the molecule is CC(CC(=O)NCC(O)C(C)(C)C)NC(=O)C1CCCC1. The van der Waals surface area contributed by atoms with Crippen LogP contribution in [0.5, 0.6) is 0 Å². The van der Waals surface area contributed by atoms with Crippen molar-refractivity contribution >= 4 is 11.8 Å². The topological polar surface area (TPSA) is 78.4 Å². The molecule has 1 fully saturated rings. The number of carbonyl (C=O) groups excluding carboxylic acids is 2. The Hall–Kier alpha value is -1.10. The first-order valence-corrected chi connectivity index (χ1v) is 7.95. The summed E-state index contributed by atoms with van der Waals surface area (Å²) in [5, 5.41) is 15.5. The molecule has 0 aromatic rings. The summed E-state index contributed by atoms with van der Waals surface area (Å²) in [7, 11) is 0. The fourth-order valence-corrected chi connectivity index (χ4v) is 2.47. The van der Waals surface area contributed by atoms with Crippen LogP contribution in [0.4, 0.5) is 0 Å². The third kappa shape index (κ3) is 6.46. The van der Waals surface area contributed by atoms with Gasteiger partial charge in [-0.05, 0) is 25.2 Å². The van der Waals surface area contributed by atoms with Gasteiger partial charge in [-0.25, -0.2) is 0 Å². The molecule has 1 saturated carbocycles. The molecule has 2 unspecified atom stereocenters. The Bertz CT molecular complexity index is 357. The molecule has 0 radical (unpaired) electrons. The maximum Gasteiger partial charge on any atom is 0.223 e. The predicted molar refractivity (Wildman–Crippen MR) is 82.7 cm³/mol. The van der Waals surface area contributed by atoms with Gasteiger partial charge in [-0.3, -0.25) is 9.59 Å². The lowest BCUT2D eigenvalue weighted by Crippen LogP contribution is -2.43. The normalized spacial score (nSPS) is 19.1. The lowest BCUT2D eigenvalue weighted by atomic mass is 9.89. The Morgan fingerprint density at radius 2 is 1.81 bits per heavy atom. The number of aliphatic hydroxyl groups excluding tert-OH is 1. The van der Waals surface area contributed by atoms with E-state index in [9.17, 15) is 14.7 Å². The number of hydrogen-bond acceptors (Lipinski definition) is 3. The highest BCUT2D eigenvalue weighted by Crippen LogP contribution is 2.24. The zero-order chi connectivity index (χ0) is 16.0. The molecule has 0 aliphatic heterocycles. The molecule has 2 amide bonds. The van der Waals surface area contributed by atoms with Gasteiger partial charge in [0, 0.05) is 24.9 Å². The van der Waals surface area contributed by atoms with Crippen molar-refractivity contribution in [3.63, 3.8) is 0 Å². The number of nitrogens with one attached hydrogen (secondary N) is 2. The van der Waals surface area contributed by atoms with Gasteiger partial charge in [0.15, 0.2) is 0 Å². The van der Waals surface area contributed by atoms with E-state index in [1.54, 1.807) is 0 Å². The monoisotopic (exact) mass is 298 g/mol. The van der Waals surface area contributed by atoms with E-state index < -0.39 is 6.10 Å². The standard InChI is InChI=1S/C16H30N2O3/c1-11(18-15(21)12-7-5-6-8-12)9-14(20)17-10-13(19)16(2,3)4/h11-13,19H,5-10H2,1-4H3,(H,17,20)(H,18,21). The molecule has 1 rings (SSSR count). The molecular formula is C16H30N2O3. The zero-order valence-electron chi connectivity index (χ0n) is 13.7. The quantitative estimate of drug-likeness (QED) is 0.697. The summed E-state index contributed by atoms with van der Waals surface area (Å²) in [5.74, 6) is 0.0540. The molecule has 0 heterocycles. The van der Waals surface area contributed by atoms with E-state index in [1.165, 1.54) is 0 Å². The van der Waals surface area contributed by atoms with Crippen LogP contribution in [0.25, 0.3) is 0 Å². The summed E-state index contributed by atoms with van der Waals surface area (Å²) in [6.45, 7) is 7.86. The van der Waals surface area contributed by atoms with Crippen LogP contribution in [0.15, 0.2) is 0 Å². The van der Waals surface area contributed by atoms with E-state index in [4.69, 9.17) is 0 Å². The Morgan fingerprint density at radius 1 is 1.24 bits per heavy atom. The Labute approximate surface area is 127 Å². The lowest BCUT2D eigenvalue weighted by molar-refractivity contribution is -0.126. The minimum atomic E-state index is -0.579. The van der Waals surface area contributed by atoms with Crippen LogP contribution >= 0.6 is 0 Å². The van der Waals surface area contributed by atoms with E-state index >= 15 is 0 Å². The molecule has 3 N–H and O–H groups in total. The van der Waals surface area contributed by atoms with E-state index in [-0.39, 0.29) is 42.2 Å².